The first kappa shape index (κ1) is 20.2. The maximum Gasteiger partial charge on any atom is 0.226 e. The van der Waals surface area contributed by atoms with Gasteiger partial charge in [0.05, 0.1) is 26.2 Å². The van der Waals surface area contributed by atoms with Crippen molar-refractivity contribution < 1.29 is 14.3 Å². The molecule has 1 heterocycles. The summed E-state index contributed by atoms with van der Waals surface area (Å²) < 4.78 is 10.7. The fourth-order valence-corrected chi connectivity index (χ4v) is 3.55. The SMILES string of the molecule is COc1ccc(C2NNCC2C(=O)NC(C)CCc2ccccc2)cc1OC. The second-order valence-corrected chi connectivity index (χ2v) is 7.16. The first-order chi connectivity index (χ1) is 13.6. The molecule has 0 spiro atoms. The Morgan fingerprint density at radius 1 is 1.14 bits per heavy atom. The van der Waals surface area contributed by atoms with E-state index in [9.17, 15) is 4.79 Å². The molecular formula is C22H29N3O3. The van der Waals surface area contributed by atoms with E-state index in [1.807, 2.05) is 36.4 Å². The highest BCUT2D eigenvalue weighted by Gasteiger charge is 2.34. The van der Waals surface area contributed by atoms with E-state index in [2.05, 4.69) is 35.2 Å². The van der Waals surface area contributed by atoms with Crippen LogP contribution in [0.1, 0.15) is 30.5 Å². The summed E-state index contributed by atoms with van der Waals surface area (Å²) in [4.78, 5) is 12.9. The number of amides is 1. The number of hydrazine groups is 1. The standard InChI is InChI=1S/C22H29N3O3/c1-15(9-10-16-7-5-4-6-8-16)24-22(26)18-14-23-25-21(18)17-11-12-19(27-2)20(13-17)28-3/h4-8,11-13,15,18,21,23,25H,9-10,14H2,1-3H3,(H,24,26). The molecule has 0 radical (unpaired) electrons. The lowest BCUT2D eigenvalue weighted by molar-refractivity contribution is -0.125. The van der Waals surface area contributed by atoms with Crippen LogP contribution in [0.3, 0.4) is 0 Å². The van der Waals surface area contributed by atoms with Gasteiger partial charge >= 0.3 is 0 Å². The van der Waals surface area contributed by atoms with Crippen LogP contribution in [0.5, 0.6) is 11.5 Å². The van der Waals surface area contributed by atoms with Crippen LogP contribution >= 0.6 is 0 Å². The molecule has 2 aromatic rings. The van der Waals surface area contributed by atoms with Gasteiger partial charge in [0, 0.05) is 12.6 Å². The number of benzene rings is 2. The lowest BCUT2D eigenvalue weighted by atomic mass is 9.93. The van der Waals surface area contributed by atoms with E-state index in [4.69, 9.17) is 9.47 Å². The van der Waals surface area contributed by atoms with E-state index in [0.29, 0.717) is 18.0 Å². The minimum Gasteiger partial charge on any atom is -0.493 e. The van der Waals surface area contributed by atoms with Crippen molar-refractivity contribution >= 4 is 5.91 Å². The normalized spacial score (nSPS) is 19.8. The van der Waals surface area contributed by atoms with Crippen molar-refractivity contribution in [3.05, 3.63) is 59.7 Å². The minimum atomic E-state index is -0.197. The van der Waals surface area contributed by atoms with Crippen LogP contribution in [0.4, 0.5) is 0 Å². The van der Waals surface area contributed by atoms with Gasteiger partial charge in [-0.15, -0.1) is 0 Å². The Hall–Kier alpha value is -2.57. The summed E-state index contributed by atoms with van der Waals surface area (Å²) >= 11 is 0. The van der Waals surface area contributed by atoms with E-state index in [1.165, 1.54) is 5.56 Å². The summed E-state index contributed by atoms with van der Waals surface area (Å²) in [6, 6.07) is 16.1. The second-order valence-electron chi connectivity index (χ2n) is 7.16. The largest absolute Gasteiger partial charge is 0.493 e. The van der Waals surface area contributed by atoms with Gasteiger partial charge in [0.1, 0.15) is 0 Å². The van der Waals surface area contributed by atoms with Gasteiger partial charge in [0.15, 0.2) is 11.5 Å². The van der Waals surface area contributed by atoms with E-state index in [1.54, 1.807) is 14.2 Å². The molecule has 1 aliphatic heterocycles. The molecule has 6 heteroatoms. The molecule has 1 amide bonds. The number of aryl methyl sites for hydroxylation is 1. The number of carbonyl (C=O) groups excluding carboxylic acids is 1. The summed E-state index contributed by atoms with van der Waals surface area (Å²) in [6.45, 7) is 2.64. The van der Waals surface area contributed by atoms with Crippen LogP contribution in [-0.4, -0.2) is 32.7 Å². The van der Waals surface area contributed by atoms with Crippen LogP contribution in [-0.2, 0) is 11.2 Å². The molecule has 1 fully saturated rings. The Kier molecular flexibility index (Phi) is 6.90. The lowest BCUT2D eigenvalue weighted by Gasteiger charge is -2.22. The van der Waals surface area contributed by atoms with Crippen molar-refractivity contribution in [1.29, 1.82) is 0 Å². The molecule has 0 aromatic heterocycles. The summed E-state index contributed by atoms with van der Waals surface area (Å²) in [5.74, 6) is 1.19. The third kappa shape index (κ3) is 4.82. The zero-order valence-electron chi connectivity index (χ0n) is 16.7. The van der Waals surface area contributed by atoms with Gasteiger partial charge < -0.3 is 14.8 Å². The molecule has 3 rings (SSSR count). The van der Waals surface area contributed by atoms with Crippen LogP contribution < -0.4 is 25.6 Å². The first-order valence-electron chi connectivity index (χ1n) is 9.67. The second kappa shape index (κ2) is 9.57. The fourth-order valence-electron chi connectivity index (χ4n) is 3.55. The predicted octanol–water partition coefficient (Wildman–Crippen LogP) is 2.61. The van der Waals surface area contributed by atoms with Crippen LogP contribution in [0.15, 0.2) is 48.5 Å². The Balaban J connectivity index is 1.61. The first-order valence-corrected chi connectivity index (χ1v) is 9.67. The quantitative estimate of drug-likeness (QED) is 0.654. The summed E-state index contributed by atoms with van der Waals surface area (Å²) in [5, 5.41) is 3.17. The number of carbonyl (C=O) groups is 1. The summed E-state index contributed by atoms with van der Waals surface area (Å²) in [5.41, 5.74) is 8.61. The lowest BCUT2D eigenvalue weighted by Crippen LogP contribution is -2.40. The zero-order valence-corrected chi connectivity index (χ0v) is 16.7. The zero-order chi connectivity index (χ0) is 19.9. The van der Waals surface area contributed by atoms with Gasteiger partial charge in [-0.25, -0.2) is 5.43 Å². The Bertz CT molecular complexity index is 782. The van der Waals surface area contributed by atoms with Crippen molar-refractivity contribution in [3.8, 4) is 11.5 Å². The molecule has 3 unspecified atom stereocenters. The maximum absolute atomic E-state index is 12.9. The highest BCUT2D eigenvalue weighted by molar-refractivity contribution is 5.80. The summed E-state index contributed by atoms with van der Waals surface area (Å²) in [6.07, 6.45) is 1.85. The number of hydrogen-bond donors (Lipinski definition) is 3. The van der Waals surface area contributed by atoms with E-state index >= 15 is 0 Å². The monoisotopic (exact) mass is 383 g/mol. The third-order valence-corrected chi connectivity index (χ3v) is 5.18. The number of nitrogens with one attached hydrogen (secondary N) is 3. The van der Waals surface area contributed by atoms with Crippen molar-refractivity contribution in [2.24, 2.45) is 5.92 Å². The van der Waals surface area contributed by atoms with Crippen LogP contribution in [0.2, 0.25) is 0 Å². The van der Waals surface area contributed by atoms with Crippen molar-refractivity contribution in [2.75, 3.05) is 20.8 Å². The number of methoxy groups -OCH3 is 2. The average Bonchev–Trinajstić information content (AvgIpc) is 3.22. The Morgan fingerprint density at radius 3 is 2.61 bits per heavy atom. The molecule has 3 N–H and O–H groups in total. The predicted molar refractivity (Wildman–Crippen MR) is 109 cm³/mol. The Morgan fingerprint density at radius 2 is 1.89 bits per heavy atom. The topological polar surface area (TPSA) is 71.6 Å². The molecule has 2 aromatic carbocycles. The highest BCUT2D eigenvalue weighted by atomic mass is 16.5. The molecule has 3 atom stereocenters. The smallest absolute Gasteiger partial charge is 0.226 e. The van der Waals surface area contributed by atoms with Gasteiger partial charge in [0.25, 0.3) is 0 Å². The average molecular weight is 383 g/mol. The molecule has 1 aliphatic rings. The summed E-state index contributed by atoms with van der Waals surface area (Å²) in [7, 11) is 3.22. The number of rotatable bonds is 8. The fraction of sp³-hybridized carbons (Fsp3) is 0.409. The highest BCUT2D eigenvalue weighted by Crippen LogP contribution is 2.33. The van der Waals surface area contributed by atoms with Gasteiger partial charge in [-0.1, -0.05) is 36.4 Å². The Labute approximate surface area is 166 Å². The van der Waals surface area contributed by atoms with Gasteiger partial charge in [-0.2, -0.15) is 0 Å². The van der Waals surface area contributed by atoms with Crippen molar-refractivity contribution in [1.82, 2.24) is 16.2 Å². The van der Waals surface area contributed by atoms with Crippen molar-refractivity contribution in [3.63, 3.8) is 0 Å². The van der Waals surface area contributed by atoms with E-state index in [0.717, 1.165) is 18.4 Å². The number of hydrogen-bond acceptors (Lipinski definition) is 5. The van der Waals surface area contributed by atoms with Gasteiger partial charge in [-0.3, -0.25) is 10.2 Å². The van der Waals surface area contributed by atoms with Gasteiger partial charge in [-0.05, 0) is 43.0 Å². The van der Waals surface area contributed by atoms with Crippen LogP contribution in [0.25, 0.3) is 0 Å². The van der Waals surface area contributed by atoms with E-state index in [-0.39, 0.29) is 23.9 Å². The molecule has 1 saturated heterocycles. The van der Waals surface area contributed by atoms with E-state index < -0.39 is 0 Å². The van der Waals surface area contributed by atoms with Crippen molar-refractivity contribution in [2.45, 2.75) is 31.8 Å². The molecule has 0 aliphatic carbocycles. The molecular weight excluding hydrogens is 354 g/mol. The molecule has 150 valence electrons. The molecule has 0 bridgehead atoms. The molecule has 0 saturated carbocycles. The maximum atomic E-state index is 12.9. The van der Waals surface area contributed by atoms with Gasteiger partial charge in [0.2, 0.25) is 5.91 Å². The molecule has 28 heavy (non-hydrogen) atoms. The minimum absolute atomic E-state index is 0.0536. The van der Waals surface area contributed by atoms with Crippen LogP contribution in [0, 0.1) is 5.92 Å². The molecule has 6 nitrogen and oxygen atoms in total. The number of ether oxygens (including phenoxy) is 2. The third-order valence-electron chi connectivity index (χ3n) is 5.18.